The lowest BCUT2D eigenvalue weighted by Gasteiger charge is -2.48. The Hall–Kier alpha value is -3.44. The van der Waals surface area contributed by atoms with Gasteiger partial charge in [-0.05, 0) is 124 Å². The molecule has 312 valence electrons. The van der Waals surface area contributed by atoms with Gasteiger partial charge in [-0.1, -0.05) is 97.1 Å². The van der Waals surface area contributed by atoms with Crippen LogP contribution < -0.4 is 5.32 Å². The predicted octanol–water partition coefficient (Wildman–Crippen LogP) is 13.1. The number of aliphatic hydroxyl groups is 1. The summed E-state index contributed by atoms with van der Waals surface area (Å²) in [6.07, 6.45) is 8.82. The van der Waals surface area contributed by atoms with Crippen molar-refractivity contribution in [1.82, 2.24) is 14.9 Å². The number of benzene rings is 2. The second-order valence-corrected chi connectivity index (χ2v) is 15.9. The maximum atomic E-state index is 13.1. The van der Waals surface area contributed by atoms with Crippen LogP contribution in [0.3, 0.4) is 0 Å². The molecule has 0 unspecified atom stereocenters. The molecule has 2 aromatic carbocycles. The topological polar surface area (TPSA) is 61.3 Å². The van der Waals surface area contributed by atoms with Crippen molar-refractivity contribution in [2.24, 2.45) is 17.3 Å². The van der Waals surface area contributed by atoms with E-state index in [9.17, 15) is 31.4 Å². The molecule has 5 rings (SSSR count). The quantitative estimate of drug-likeness (QED) is 0.119. The van der Waals surface area contributed by atoms with Crippen LogP contribution in [-0.2, 0) is 18.8 Å². The van der Waals surface area contributed by atoms with Gasteiger partial charge >= 0.3 is 12.4 Å². The van der Waals surface area contributed by atoms with Gasteiger partial charge in [-0.3, -0.25) is 0 Å². The summed E-state index contributed by atoms with van der Waals surface area (Å²) >= 11 is 0. The van der Waals surface area contributed by atoms with Crippen LogP contribution in [0, 0.1) is 24.2 Å². The highest BCUT2D eigenvalue weighted by Crippen LogP contribution is 2.52. The zero-order valence-corrected chi connectivity index (χ0v) is 34.5. The first kappa shape index (κ1) is 46.9. The van der Waals surface area contributed by atoms with Crippen molar-refractivity contribution in [2.75, 3.05) is 32.1 Å². The molecule has 0 bridgehead atoms. The van der Waals surface area contributed by atoms with Gasteiger partial charge in [0, 0.05) is 24.1 Å². The minimum Gasteiger partial charge on any atom is -0.396 e. The Morgan fingerprint density at radius 1 is 0.911 bits per heavy atom. The number of aromatic nitrogens is 2. The molecule has 2 saturated carbocycles. The second kappa shape index (κ2) is 21.9. The average Bonchev–Trinajstić information content (AvgIpc) is 3.11. The molecule has 11 heteroatoms. The number of nitrogens with one attached hydrogen (secondary N) is 1. The lowest BCUT2D eigenvalue weighted by atomic mass is 9.57. The summed E-state index contributed by atoms with van der Waals surface area (Å²) in [6, 6.07) is 9.30. The Morgan fingerprint density at radius 3 is 1.98 bits per heavy atom. The number of nitrogens with zero attached hydrogens (tertiary/aromatic N) is 3. The largest absolute Gasteiger partial charge is 0.416 e. The van der Waals surface area contributed by atoms with Crippen LogP contribution >= 0.6 is 0 Å². The van der Waals surface area contributed by atoms with Gasteiger partial charge in [0.2, 0.25) is 5.95 Å². The van der Waals surface area contributed by atoms with E-state index in [-0.39, 0.29) is 12.0 Å². The van der Waals surface area contributed by atoms with Crippen molar-refractivity contribution in [3.05, 3.63) is 88.2 Å². The number of aryl methyl sites for hydroxylation is 2. The minimum atomic E-state index is -4.94. The first-order valence-electron chi connectivity index (χ1n) is 20.5. The number of alkyl halides is 6. The van der Waals surface area contributed by atoms with Crippen LogP contribution in [0.5, 0.6) is 0 Å². The second-order valence-electron chi connectivity index (χ2n) is 15.9. The third kappa shape index (κ3) is 14.5. The Labute approximate surface area is 331 Å². The molecule has 2 N–H and O–H groups in total. The first-order chi connectivity index (χ1) is 26.5. The summed E-state index contributed by atoms with van der Waals surface area (Å²) in [7, 11) is 2.21. The van der Waals surface area contributed by atoms with E-state index in [0.717, 1.165) is 41.4 Å². The number of halogens is 6. The van der Waals surface area contributed by atoms with Crippen molar-refractivity contribution in [3.8, 4) is 0 Å². The van der Waals surface area contributed by atoms with Crippen LogP contribution in [-0.4, -0.2) is 46.7 Å². The number of hydrogen-bond donors (Lipinski definition) is 2. The fourth-order valence-corrected chi connectivity index (χ4v) is 7.67. The van der Waals surface area contributed by atoms with Gasteiger partial charge < -0.3 is 15.3 Å². The molecule has 0 amide bonds. The van der Waals surface area contributed by atoms with Crippen molar-refractivity contribution >= 4 is 17.2 Å². The van der Waals surface area contributed by atoms with E-state index in [0.29, 0.717) is 29.8 Å². The smallest absolute Gasteiger partial charge is 0.396 e. The number of anilines is 2. The summed E-state index contributed by atoms with van der Waals surface area (Å²) in [5.74, 6) is 1.73. The van der Waals surface area contributed by atoms with Crippen molar-refractivity contribution in [3.63, 3.8) is 0 Å². The standard InChI is InChI=1S/C25H23F6N3.C11H20O.C9H21N/c1-4-6-21(17-9-7-16(5-2)8-10-17)22-14-32-23(33-15(22)3)34-20-12-18(24(26,27)28)11-19(13-20)25(29,30)31;1-9-5-11(6-9,8-12)7-10-3-2-4-10;1-4-6-7-9-10(3)8-5-2/h6-14H,4-5H2,1-3H3,(H,32,33,34);9-10,12H,2-8H2,1H3;4-9H2,1-3H3/b21-6-;;. The molecular formula is C45H64F6N4O. The number of hydrogen-bond acceptors (Lipinski definition) is 5. The molecule has 0 spiro atoms. The van der Waals surface area contributed by atoms with Gasteiger partial charge in [-0.15, -0.1) is 0 Å². The monoisotopic (exact) mass is 790 g/mol. The van der Waals surface area contributed by atoms with Crippen LogP contribution in [0.15, 0.2) is 54.7 Å². The van der Waals surface area contributed by atoms with E-state index in [1.807, 2.05) is 37.3 Å². The normalized spacial score (nSPS) is 18.6. The van der Waals surface area contributed by atoms with Crippen LogP contribution in [0.1, 0.15) is 139 Å². The summed E-state index contributed by atoms with van der Waals surface area (Å²) in [6.45, 7) is 15.5. The molecule has 2 aliphatic carbocycles. The van der Waals surface area contributed by atoms with Gasteiger partial charge in [0.15, 0.2) is 0 Å². The molecule has 2 aliphatic rings. The minimum absolute atomic E-state index is 0.0754. The number of unbranched alkanes of at least 4 members (excludes halogenated alkanes) is 2. The molecule has 2 fully saturated rings. The van der Waals surface area contributed by atoms with Crippen LogP contribution in [0.2, 0.25) is 0 Å². The zero-order valence-electron chi connectivity index (χ0n) is 34.5. The Morgan fingerprint density at radius 2 is 1.54 bits per heavy atom. The van der Waals surface area contributed by atoms with E-state index < -0.39 is 29.2 Å². The maximum Gasteiger partial charge on any atom is 0.416 e. The summed E-state index contributed by atoms with van der Waals surface area (Å²) < 4.78 is 78.8. The highest BCUT2D eigenvalue weighted by atomic mass is 19.4. The molecule has 0 saturated heterocycles. The Balaban J connectivity index is 0.000000308. The predicted molar refractivity (Wildman–Crippen MR) is 217 cm³/mol. The van der Waals surface area contributed by atoms with Crippen molar-refractivity contribution < 1.29 is 31.4 Å². The Kier molecular flexibility index (Phi) is 18.4. The molecule has 0 aliphatic heterocycles. The third-order valence-electron chi connectivity index (χ3n) is 10.8. The lowest BCUT2D eigenvalue weighted by Crippen LogP contribution is -2.41. The van der Waals surface area contributed by atoms with Gasteiger partial charge in [0.05, 0.1) is 16.8 Å². The molecule has 5 nitrogen and oxygen atoms in total. The molecule has 1 aromatic heterocycles. The van der Waals surface area contributed by atoms with E-state index in [4.69, 9.17) is 0 Å². The fourth-order valence-electron chi connectivity index (χ4n) is 7.67. The molecule has 56 heavy (non-hydrogen) atoms. The third-order valence-corrected chi connectivity index (χ3v) is 10.8. The number of rotatable bonds is 15. The summed E-state index contributed by atoms with van der Waals surface area (Å²) in [5, 5.41) is 11.8. The highest BCUT2D eigenvalue weighted by molar-refractivity contribution is 5.80. The number of allylic oxidation sites excluding steroid dienone is 1. The Bertz CT molecular complexity index is 1610. The zero-order chi connectivity index (χ0) is 41.5. The SMILES string of the molecule is CC/C=C(/c1ccc(CC)cc1)c1cnc(Nc2cc(C(F)(F)F)cc(C(F)(F)F)c2)nc1C.CC1CC(CO)(CC2CCC2)C1.CCCCCN(C)CCC. The fraction of sp³-hybridized carbons (Fsp3) is 0.600. The summed E-state index contributed by atoms with van der Waals surface area (Å²) in [4.78, 5) is 10.9. The lowest BCUT2D eigenvalue weighted by molar-refractivity contribution is -0.143. The maximum absolute atomic E-state index is 13.1. The van der Waals surface area contributed by atoms with Crippen molar-refractivity contribution in [1.29, 1.82) is 0 Å². The van der Waals surface area contributed by atoms with Gasteiger partial charge in [0.25, 0.3) is 0 Å². The van der Waals surface area contributed by atoms with Gasteiger partial charge in [-0.25, -0.2) is 9.97 Å². The average molecular weight is 791 g/mol. The van der Waals surface area contributed by atoms with Crippen LogP contribution in [0.4, 0.5) is 38.0 Å². The molecular weight excluding hydrogens is 727 g/mol. The van der Waals surface area contributed by atoms with E-state index in [1.165, 1.54) is 89.1 Å². The van der Waals surface area contributed by atoms with Gasteiger partial charge in [0.1, 0.15) is 0 Å². The molecule has 0 atom stereocenters. The van der Waals surface area contributed by atoms with Crippen LogP contribution in [0.25, 0.3) is 5.57 Å². The highest BCUT2D eigenvalue weighted by Gasteiger charge is 2.43. The molecule has 1 heterocycles. The molecule has 3 aromatic rings. The number of aliphatic hydroxyl groups excluding tert-OH is 1. The summed E-state index contributed by atoms with van der Waals surface area (Å²) in [5.41, 5.74) is 1.41. The molecule has 0 radical (unpaired) electrons. The first-order valence-corrected chi connectivity index (χ1v) is 20.5. The van der Waals surface area contributed by atoms with E-state index >= 15 is 0 Å². The van der Waals surface area contributed by atoms with E-state index in [1.54, 1.807) is 6.92 Å². The van der Waals surface area contributed by atoms with E-state index in [2.05, 4.69) is 54.9 Å². The van der Waals surface area contributed by atoms with Gasteiger partial charge in [-0.2, -0.15) is 26.3 Å². The van der Waals surface area contributed by atoms with Crippen molar-refractivity contribution in [2.45, 2.75) is 131 Å².